The minimum atomic E-state index is -0.437. The van der Waals surface area contributed by atoms with E-state index in [1.165, 1.54) is 18.5 Å². The van der Waals surface area contributed by atoms with E-state index >= 15 is 0 Å². The summed E-state index contributed by atoms with van der Waals surface area (Å²) in [6, 6.07) is 2.83. The van der Waals surface area contributed by atoms with Crippen LogP contribution in [0.4, 0.5) is 4.39 Å². The maximum atomic E-state index is 13.8. The zero-order valence-corrected chi connectivity index (χ0v) is 12.4. The molecule has 1 aromatic carbocycles. The zero-order valence-electron chi connectivity index (χ0n) is 12.4. The molecule has 3 aromatic rings. The summed E-state index contributed by atoms with van der Waals surface area (Å²) in [6.45, 7) is 1.27. The van der Waals surface area contributed by atoms with Gasteiger partial charge in [0.15, 0.2) is 0 Å². The maximum absolute atomic E-state index is 13.8. The van der Waals surface area contributed by atoms with Crippen molar-refractivity contribution in [1.29, 1.82) is 0 Å². The van der Waals surface area contributed by atoms with Crippen molar-refractivity contribution in [3.8, 4) is 0 Å². The Balaban J connectivity index is 1.64. The molecule has 3 heterocycles. The van der Waals surface area contributed by atoms with E-state index in [0.717, 1.165) is 12.8 Å². The van der Waals surface area contributed by atoms with Crippen LogP contribution in [-0.4, -0.2) is 43.4 Å². The summed E-state index contributed by atoms with van der Waals surface area (Å²) in [6.07, 6.45) is 8.81. The molecule has 6 nitrogen and oxygen atoms in total. The molecule has 1 atom stereocenters. The van der Waals surface area contributed by atoms with E-state index in [2.05, 4.69) is 15.0 Å². The number of likely N-dealkylation sites (tertiary alicyclic amines) is 1. The zero-order chi connectivity index (χ0) is 15.8. The third-order valence-electron chi connectivity index (χ3n) is 4.35. The van der Waals surface area contributed by atoms with Crippen LogP contribution in [0.15, 0.2) is 37.2 Å². The van der Waals surface area contributed by atoms with Gasteiger partial charge in [0.1, 0.15) is 11.3 Å². The van der Waals surface area contributed by atoms with Crippen LogP contribution in [0, 0.1) is 5.82 Å². The highest BCUT2D eigenvalue weighted by Gasteiger charge is 2.27. The maximum Gasteiger partial charge on any atom is 0.256 e. The monoisotopic (exact) mass is 313 g/mol. The van der Waals surface area contributed by atoms with Crippen LogP contribution >= 0.6 is 0 Å². The van der Waals surface area contributed by atoms with Gasteiger partial charge in [-0.1, -0.05) is 0 Å². The van der Waals surface area contributed by atoms with Gasteiger partial charge in [0.25, 0.3) is 5.91 Å². The van der Waals surface area contributed by atoms with E-state index in [0.29, 0.717) is 29.7 Å². The predicted octanol–water partition coefficient (Wildman–Crippen LogP) is 2.38. The first-order valence-electron chi connectivity index (χ1n) is 7.62. The summed E-state index contributed by atoms with van der Waals surface area (Å²) in [4.78, 5) is 25.7. The summed E-state index contributed by atoms with van der Waals surface area (Å²) in [5.74, 6) is -0.611. The first-order chi connectivity index (χ1) is 11.2. The molecule has 2 aromatic heterocycles. The molecule has 1 amide bonds. The number of benzene rings is 1. The predicted molar refractivity (Wildman–Crippen MR) is 82.5 cm³/mol. The minimum absolute atomic E-state index is 0.175. The summed E-state index contributed by atoms with van der Waals surface area (Å²) < 4.78 is 15.8. The van der Waals surface area contributed by atoms with Crippen LogP contribution in [0.25, 0.3) is 11.0 Å². The second-order valence-corrected chi connectivity index (χ2v) is 5.81. The van der Waals surface area contributed by atoms with Crippen LogP contribution < -0.4 is 0 Å². The molecule has 7 heteroatoms. The number of carbonyl (C=O) groups excluding carboxylic acids is 1. The Bertz CT molecular complexity index is 841. The lowest BCUT2D eigenvalue weighted by Gasteiger charge is -2.33. The molecule has 0 radical (unpaired) electrons. The standard InChI is InChI=1S/C16H16FN5O/c17-11-6-13(15-14(7-11)19-9-20-15)16(23)21-4-1-2-12(8-21)22-5-3-18-10-22/h3,5-7,9-10,12H,1-2,4,8H2,(H,19,20)/t12-/m1/s1. The van der Waals surface area contributed by atoms with Gasteiger partial charge in [-0.05, 0) is 25.0 Å². The van der Waals surface area contributed by atoms with Crippen molar-refractivity contribution in [1.82, 2.24) is 24.4 Å². The number of aromatic nitrogens is 4. The summed E-state index contributed by atoms with van der Waals surface area (Å²) in [5.41, 5.74) is 1.37. The second-order valence-electron chi connectivity index (χ2n) is 5.81. The molecule has 23 heavy (non-hydrogen) atoms. The van der Waals surface area contributed by atoms with E-state index in [9.17, 15) is 9.18 Å². The summed E-state index contributed by atoms with van der Waals surface area (Å²) in [7, 11) is 0. The Hall–Kier alpha value is -2.70. The molecule has 1 fully saturated rings. The van der Waals surface area contributed by atoms with Crippen LogP contribution in [0.1, 0.15) is 29.2 Å². The number of aromatic amines is 1. The van der Waals surface area contributed by atoms with Crippen molar-refractivity contribution in [2.45, 2.75) is 18.9 Å². The van der Waals surface area contributed by atoms with Gasteiger partial charge in [-0.2, -0.15) is 0 Å². The SMILES string of the molecule is O=C(c1cc(F)cc2[nH]cnc12)N1CCC[C@@H](n2ccnc2)C1. The number of fused-ring (bicyclic) bond motifs is 1. The first-order valence-corrected chi connectivity index (χ1v) is 7.62. The molecule has 0 bridgehead atoms. The third-order valence-corrected chi connectivity index (χ3v) is 4.35. The van der Waals surface area contributed by atoms with E-state index in [-0.39, 0.29) is 11.9 Å². The number of rotatable bonds is 2. The van der Waals surface area contributed by atoms with Gasteiger partial charge in [-0.15, -0.1) is 0 Å². The van der Waals surface area contributed by atoms with Gasteiger partial charge in [0, 0.05) is 25.5 Å². The molecule has 118 valence electrons. The Morgan fingerprint density at radius 2 is 2.30 bits per heavy atom. The number of carbonyl (C=O) groups is 1. The number of hydrogen-bond donors (Lipinski definition) is 1. The molecule has 0 aliphatic carbocycles. The number of hydrogen-bond acceptors (Lipinski definition) is 3. The van der Waals surface area contributed by atoms with Crippen LogP contribution in [0.2, 0.25) is 0 Å². The highest BCUT2D eigenvalue weighted by molar-refractivity contribution is 6.04. The molecule has 0 unspecified atom stereocenters. The van der Waals surface area contributed by atoms with Crippen LogP contribution in [-0.2, 0) is 0 Å². The van der Waals surface area contributed by atoms with Gasteiger partial charge in [-0.3, -0.25) is 4.79 Å². The third kappa shape index (κ3) is 2.48. The number of amides is 1. The van der Waals surface area contributed by atoms with Crippen molar-refractivity contribution in [2.24, 2.45) is 0 Å². The molecule has 1 aliphatic rings. The van der Waals surface area contributed by atoms with Gasteiger partial charge in [0.2, 0.25) is 0 Å². The van der Waals surface area contributed by atoms with Crippen molar-refractivity contribution >= 4 is 16.9 Å². The topological polar surface area (TPSA) is 66.8 Å². The van der Waals surface area contributed by atoms with E-state index in [4.69, 9.17) is 0 Å². The molecule has 1 saturated heterocycles. The van der Waals surface area contributed by atoms with Crippen LogP contribution in [0.5, 0.6) is 0 Å². The van der Waals surface area contributed by atoms with Crippen molar-refractivity contribution in [3.63, 3.8) is 0 Å². The summed E-state index contributed by atoms with van der Waals surface area (Å²) >= 11 is 0. The molecule has 1 aliphatic heterocycles. The van der Waals surface area contributed by atoms with Crippen LogP contribution in [0.3, 0.4) is 0 Å². The van der Waals surface area contributed by atoms with Gasteiger partial charge in [-0.25, -0.2) is 14.4 Å². The van der Waals surface area contributed by atoms with Crippen molar-refractivity contribution in [2.75, 3.05) is 13.1 Å². The molecule has 4 rings (SSSR count). The van der Waals surface area contributed by atoms with E-state index in [1.807, 2.05) is 10.8 Å². The van der Waals surface area contributed by atoms with Gasteiger partial charge >= 0.3 is 0 Å². The number of halogens is 1. The highest BCUT2D eigenvalue weighted by atomic mass is 19.1. The molecule has 1 N–H and O–H groups in total. The number of imidazole rings is 2. The fourth-order valence-electron chi connectivity index (χ4n) is 3.22. The Morgan fingerprint density at radius 1 is 1.39 bits per heavy atom. The van der Waals surface area contributed by atoms with Gasteiger partial charge < -0.3 is 14.5 Å². The molecular weight excluding hydrogens is 297 g/mol. The quantitative estimate of drug-likeness (QED) is 0.790. The second kappa shape index (κ2) is 5.49. The smallest absolute Gasteiger partial charge is 0.256 e. The fraction of sp³-hybridized carbons (Fsp3) is 0.312. The lowest BCUT2D eigenvalue weighted by atomic mass is 10.0. The average molecular weight is 313 g/mol. The Labute approximate surface area is 132 Å². The fourth-order valence-corrected chi connectivity index (χ4v) is 3.22. The lowest BCUT2D eigenvalue weighted by molar-refractivity contribution is 0.0681. The Morgan fingerprint density at radius 3 is 3.13 bits per heavy atom. The summed E-state index contributed by atoms with van der Waals surface area (Å²) in [5, 5.41) is 0. The number of nitrogens with one attached hydrogen (secondary N) is 1. The number of piperidine rings is 1. The van der Waals surface area contributed by atoms with Crippen molar-refractivity contribution in [3.05, 3.63) is 48.6 Å². The van der Waals surface area contributed by atoms with E-state index < -0.39 is 5.82 Å². The van der Waals surface area contributed by atoms with Crippen molar-refractivity contribution < 1.29 is 9.18 Å². The highest BCUT2D eigenvalue weighted by Crippen LogP contribution is 2.25. The average Bonchev–Trinajstić information content (AvgIpc) is 3.24. The molecular formula is C16H16FN5O. The number of H-pyrrole nitrogens is 1. The Kier molecular flexibility index (Phi) is 3.33. The minimum Gasteiger partial charge on any atom is -0.344 e. The molecule has 0 saturated carbocycles. The van der Waals surface area contributed by atoms with E-state index in [1.54, 1.807) is 17.4 Å². The molecule has 0 spiro atoms. The van der Waals surface area contributed by atoms with Gasteiger partial charge in [0.05, 0.1) is 29.8 Å². The lowest BCUT2D eigenvalue weighted by Crippen LogP contribution is -2.40. The number of nitrogens with zero attached hydrogens (tertiary/aromatic N) is 4. The first kappa shape index (κ1) is 13.9. The normalized spacial score (nSPS) is 18.5. The largest absolute Gasteiger partial charge is 0.344 e.